The summed E-state index contributed by atoms with van der Waals surface area (Å²) in [7, 11) is 0. The summed E-state index contributed by atoms with van der Waals surface area (Å²) in [5.74, 6) is 0.532. The quantitative estimate of drug-likeness (QED) is 0.718. The molecule has 1 fully saturated rings. The van der Waals surface area contributed by atoms with E-state index in [2.05, 4.69) is 5.32 Å². The van der Waals surface area contributed by atoms with Crippen LogP contribution in [0.5, 0.6) is 5.75 Å². The molecular formula is C19H31ClN2O3. The van der Waals surface area contributed by atoms with Crippen LogP contribution in [0.15, 0.2) is 24.3 Å². The normalized spacial score (nSPS) is 24.3. The molecule has 25 heavy (non-hydrogen) atoms. The van der Waals surface area contributed by atoms with Crippen LogP contribution < -0.4 is 15.8 Å². The highest BCUT2D eigenvalue weighted by molar-refractivity contribution is 5.85. The zero-order chi connectivity index (χ0) is 17.7. The lowest BCUT2D eigenvalue weighted by atomic mass is 9.74. The number of hydrogen-bond acceptors (Lipinski definition) is 4. The second-order valence-electron chi connectivity index (χ2n) is 7.30. The number of nitrogens with one attached hydrogen (secondary N) is 1. The van der Waals surface area contributed by atoms with E-state index in [-0.39, 0.29) is 36.9 Å². The van der Waals surface area contributed by atoms with Gasteiger partial charge in [0.1, 0.15) is 5.75 Å². The van der Waals surface area contributed by atoms with Crippen molar-refractivity contribution < 1.29 is 14.6 Å². The third-order valence-electron chi connectivity index (χ3n) is 4.68. The summed E-state index contributed by atoms with van der Waals surface area (Å²) in [4.78, 5) is 12.4. The van der Waals surface area contributed by atoms with Crippen molar-refractivity contribution >= 4 is 18.3 Å². The maximum Gasteiger partial charge on any atom is 0.225 e. The third kappa shape index (κ3) is 6.17. The molecule has 4 N–H and O–H groups in total. The van der Waals surface area contributed by atoms with Gasteiger partial charge in [-0.3, -0.25) is 4.79 Å². The number of carbonyl (C=O) groups is 1. The summed E-state index contributed by atoms with van der Waals surface area (Å²) < 4.78 is 5.58. The number of aliphatic hydroxyl groups is 1. The molecule has 0 saturated heterocycles. The van der Waals surface area contributed by atoms with Crippen LogP contribution in [0.2, 0.25) is 0 Å². The Morgan fingerprint density at radius 1 is 1.36 bits per heavy atom. The molecular weight excluding hydrogens is 340 g/mol. The standard InChI is InChI=1S/C19H30N2O3.ClH/c1-13(2)24-15-9-7-14(8-10-15)17(22)12-21-18(23)16-6-4-5-11-19(16,3)20;/h7-10,13,16-17,22H,4-6,11-12,20H2,1-3H3,(H,21,23);1H. The van der Waals surface area contributed by atoms with Crippen molar-refractivity contribution in [2.24, 2.45) is 11.7 Å². The number of amides is 1. The highest BCUT2D eigenvalue weighted by Crippen LogP contribution is 2.31. The summed E-state index contributed by atoms with van der Waals surface area (Å²) in [6, 6.07) is 7.31. The minimum absolute atomic E-state index is 0. The van der Waals surface area contributed by atoms with Gasteiger partial charge in [0.2, 0.25) is 5.91 Å². The summed E-state index contributed by atoms with van der Waals surface area (Å²) in [6.07, 6.45) is 3.16. The van der Waals surface area contributed by atoms with Crippen LogP contribution in [0, 0.1) is 5.92 Å². The fourth-order valence-corrected chi connectivity index (χ4v) is 3.27. The molecule has 1 aromatic rings. The van der Waals surface area contributed by atoms with Gasteiger partial charge in [0.05, 0.1) is 18.1 Å². The Morgan fingerprint density at radius 2 is 2.00 bits per heavy atom. The molecule has 0 aliphatic heterocycles. The lowest BCUT2D eigenvalue weighted by molar-refractivity contribution is -0.128. The van der Waals surface area contributed by atoms with E-state index in [1.807, 2.05) is 45.0 Å². The Hall–Kier alpha value is -1.30. The van der Waals surface area contributed by atoms with Crippen LogP contribution >= 0.6 is 12.4 Å². The molecule has 6 heteroatoms. The average molecular weight is 371 g/mol. The summed E-state index contributed by atoms with van der Waals surface area (Å²) in [5, 5.41) is 13.1. The molecule has 1 aliphatic rings. The van der Waals surface area contributed by atoms with Gasteiger partial charge in [0.15, 0.2) is 0 Å². The number of hydrogen-bond donors (Lipinski definition) is 3. The Bertz CT molecular complexity index is 546. The van der Waals surface area contributed by atoms with Crippen LogP contribution in [0.3, 0.4) is 0 Å². The lowest BCUT2D eigenvalue weighted by Crippen LogP contribution is -2.53. The topological polar surface area (TPSA) is 84.6 Å². The van der Waals surface area contributed by atoms with Crippen molar-refractivity contribution in [3.63, 3.8) is 0 Å². The fourth-order valence-electron chi connectivity index (χ4n) is 3.27. The minimum atomic E-state index is -0.741. The minimum Gasteiger partial charge on any atom is -0.491 e. The van der Waals surface area contributed by atoms with Gasteiger partial charge in [-0.25, -0.2) is 0 Å². The fraction of sp³-hybridized carbons (Fsp3) is 0.632. The number of halogens is 1. The van der Waals surface area contributed by atoms with Crippen LogP contribution in [-0.2, 0) is 4.79 Å². The first-order valence-electron chi connectivity index (χ1n) is 8.81. The van der Waals surface area contributed by atoms with Gasteiger partial charge in [0.25, 0.3) is 0 Å². The van der Waals surface area contributed by atoms with E-state index in [0.29, 0.717) is 0 Å². The smallest absolute Gasteiger partial charge is 0.225 e. The first-order valence-corrected chi connectivity index (χ1v) is 8.81. The van der Waals surface area contributed by atoms with Crippen LogP contribution in [0.1, 0.15) is 58.1 Å². The van der Waals surface area contributed by atoms with Crippen LogP contribution in [-0.4, -0.2) is 29.2 Å². The molecule has 0 aromatic heterocycles. The molecule has 3 atom stereocenters. The Labute approximate surface area is 156 Å². The van der Waals surface area contributed by atoms with Gasteiger partial charge in [-0.15, -0.1) is 12.4 Å². The van der Waals surface area contributed by atoms with Gasteiger partial charge in [-0.2, -0.15) is 0 Å². The van der Waals surface area contributed by atoms with Crippen molar-refractivity contribution in [3.8, 4) is 5.75 Å². The average Bonchev–Trinajstić information content (AvgIpc) is 2.52. The van der Waals surface area contributed by atoms with E-state index in [1.165, 1.54) is 0 Å². The molecule has 142 valence electrons. The molecule has 3 unspecified atom stereocenters. The zero-order valence-corrected chi connectivity index (χ0v) is 16.1. The molecule has 1 saturated carbocycles. The predicted octanol–water partition coefficient (Wildman–Crippen LogP) is 2.95. The van der Waals surface area contributed by atoms with Crippen molar-refractivity contribution in [2.45, 2.75) is 64.2 Å². The highest BCUT2D eigenvalue weighted by atomic mass is 35.5. The Kier molecular flexibility index (Phi) is 8.19. The van der Waals surface area contributed by atoms with Crippen molar-refractivity contribution in [1.29, 1.82) is 0 Å². The number of rotatable bonds is 6. The predicted molar refractivity (Wildman–Crippen MR) is 102 cm³/mol. The molecule has 5 nitrogen and oxygen atoms in total. The largest absolute Gasteiger partial charge is 0.491 e. The van der Waals surface area contributed by atoms with E-state index in [0.717, 1.165) is 37.0 Å². The summed E-state index contributed by atoms with van der Waals surface area (Å²) in [5.41, 5.74) is 6.56. The number of nitrogens with two attached hydrogens (primary N) is 1. The second-order valence-corrected chi connectivity index (χ2v) is 7.30. The van der Waals surface area contributed by atoms with Gasteiger partial charge in [0, 0.05) is 12.1 Å². The number of ether oxygens (including phenoxy) is 1. The molecule has 0 heterocycles. The first-order chi connectivity index (χ1) is 11.3. The van der Waals surface area contributed by atoms with Crippen molar-refractivity contribution in [3.05, 3.63) is 29.8 Å². The van der Waals surface area contributed by atoms with E-state index >= 15 is 0 Å². The van der Waals surface area contributed by atoms with E-state index < -0.39 is 11.6 Å². The molecule has 0 bridgehead atoms. The maximum atomic E-state index is 12.4. The molecule has 1 amide bonds. The summed E-state index contributed by atoms with van der Waals surface area (Å²) in [6.45, 7) is 6.07. The van der Waals surface area contributed by atoms with Gasteiger partial charge >= 0.3 is 0 Å². The SMILES string of the molecule is CC(C)Oc1ccc(C(O)CNC(=O)C2CCCCC2(C)N)cc1.Cl. The van der Waals surface area contributed by atoms with E-state index in [4.69, 9.17) is 10.5 Å². The summed E-state index contributed by atoms with van der Waals surface area (Å²) >= 11 is 0. The van der Waals surface area contributed by atoms with E-state index in [9.17, 15) is 9.90 Å². The van der Waals surface area contributed by atoms with Crippen molar-refractivity contribution in [1.82, 2.24) is 5.32 Å². The molecule has 0 radical (unpaired) electrons. The van der Waals surface area contributed by atoms with Crippen LogP contribution in [0.4, 0.5) is 0 Å². The van der Waals surface area contributed by atoms with Gasteiger partial charge in [-0.05, 0) is 51.3 Å². The second kappa shape index (κ2) is 9.41. The van der Waals surface area contributed by atoms with Crippen LogP contribution in [0.25, 0.3) is 0 Å². The number of benzene rings is 1. The molecule has 2 rings (SSSR count). The van der Waals surface area contributed by atoms with Gasteiger partial charge < -0.3 is 20.9 Å². The van der Waals surface area contributed by atoms with E-state index in [1.54, 1.807) is 0 Å². The Morgan fingerprint density at radius 3 is 2.56 bits per heavy atom. The maximum absolute atomic E-state index is 12.4. The molecule has 1 aromatic carbocycles. The van der Waals surface area contributed by atoms with Gasteiger partial charge in [-0.1, -0.05) is 25.0 Å². The number of carbonyl (C=O) groups excluding carboxylic acids is 1. The lowest BCUT2D eigenvalue weighted by Gasteiger charge is -2.37. The zero-order valence-electron chi connectivity index (χ0n) is 15.3. The number of aliphatic hydroxyl groups excluding tert-OH is 1. The molecule has 1 aliphatic carbocycles. The highest BCUT2D eigenvalue weighted by Gasteiger charge is 2.37. The Balaban J connectivity index is 0.00000312. The monoisotopic (exact) mass is 370 g/mol. The first kappa shape index (κ1) is 21.7. The third-order valence-corrected chi connectivity index (χ3v) is 4.68. The van der Waals surface area contributed by atoms with Crippen molar-refractivity contribution in [2.75, 3.05) is 6.54 Å². The molecule has 0 spiro atoms.